The third-order valence-electron chi connectivity index (χ3n) is 6.07. The summed E-state index contributed by atoms with van der Waals surface area (Å²) in [7, 11) is -0.469. The highest BCUT2D eigenvalue weighted by Gasteiger charge is 2.36. The molecule has 1 aromatic carbocycles. The summed E-state index contributed by atoms with van der Waals surface area (Å²) in [6.45, 7) is 9.25. The van der Waals surface area contributed by atoms with Crippen LogP contribution in [0.15, 0.2) is 33.9 Å². The summed E-state index contributed by atoms with van der Waals surface area (Å²) in [5.74, 6) is 0.473. The first-order valence-electron chi connectivity index (χ1n) is 10.9. The van der Waals surface area contributed by atoms with Crippen molar-refractivity contribution >= 4 is 27.1 Å². The molecule has 1 aliphatic rings. The number of nitrogens with zero attached hydrogens (tertiary/aromatic N) is 3. The first kappa shape index (κ1) is 24.3. The van der Waals surface area contributed by atoms with E-state index in [4.69, 9.17) is 14.6 Å². The molecule has 8 nitrogen and oxygen atoms in total. The summed E-state index contributed by atoms with van der Waals surface area (Å²) in [6, 6.07) is 5.08. The first-order valence-corrected chi connectivity index (χ1v) is 13.4. The molecule has 1 amide bonds. The molecule has 0 saturated heterocycles. The minimum absolute atomic E-state index is 0.0814. The Kier molecular flexibility index (Phi) is 6.02. The lowest BCUT2D eigenvalue weighted by Gasteiger charge is -2.31. The molecule has 1 aliphatic heterocycles. The number of aromatic nitrogens is 2. The van der Waals surface area contributed by atoms with Crippen molar-refractivity contribution in [2.45, 2.75) is 56.9 Å². The zero-order valence-corrected chi connectivity index (χ0v) is 22.0. The van der Waals surface area contributed by atoms with E-state index < -0.39 is 20.6 Å². The lowest BCUT2D eigenvalue weighted by atomic mass is 10.0. The molecule has 0 N–H and O–H groups in total. The van der Waals surface area contributed by atoms with Gasteiger partial charge < -0.3 is 14.4 Å². The molecule has 0 bridgehead atoms. The van der Waals surface area contributed by atoms with Crippen LogP contribution in [0.5, 0.6) is 11.5 Å². The maximum absolute atomic E-state index is 13.5. The topological polar surface area (TPSA) is 90.7 Å². The molecule has 0 saturated carbocycles. The van der Waals surface area contributed by atoms with Crippen molar-refractivity contribution in [3.8, 4) is 28.4 Å². The van der Waals surface area contributed by atoms with Crippen LogP contribution in [0.3, 0.4) is 0 Å². The molecule has 3 heterocycles. The van der Waals surface area contributed by atoms with E-state index in [9.17, 15) is 13.2 Å². The van der Waals surface area contributed by atoms with Gasteiger partial charge in [0.05, 0.1) is 23.7 Å². The van der Waals surface area contributed by atoms with Gasteiger partial charge in [-0.25, -0.2) is 13.1 Å². The van der Waals surface area contributed by atoms with E-state index in [0.717, 1.165) is 5.69 Å². The number of hydrogen-bond donors (Lipinski definition) is 0. The van der Waals surface area contributed by atoms with Gasteiger partial charge in [-0.05, 0) is 52.1 Å². The minimum atomic E-state index is -3.65. The smallest absolute Gasteiger partial charge is 0.274 e. The van der Waals surface area contributed by atoms with Crippen molar-refractivity contribution in [1.82, 2.24) is 14.7 Å². The van der Waals surface area contributed by atoms with Gasteiger partial charge in [0.2, 0.25) is 0 Å². The molecular weight excluding hydrogens is 474 g/mol. The summed E-state index contributed by atoms with van der Waals surface area (Å²) < 4.78 is 39.4. The van der Waals surface area contributed by atoms with E-state index in [1.54, 1.807) is 42.6 Å². The van der Waals surface area contributed by atoms with Crippen molar-refractivity contribution in [2.75, 3.05) is 14.2 Å². The fraction of sp³-hybridized carbons (Fsp3) is 0.417. The SMILES string of the molecule is COc1cc2c(cc1S(=O)(=O)C(C)C)-c1c(c(C(=O)N(C)C(C)(C)C)nn1-c1ccsc1)CO2. The molecule has 2 aromatic heterocycles. The second-order valence-electron chi connectivity index (χ2n) is 9.49. The summed E-state index contributed by atoms with van der Waals surface area (Å²) in [5.41, 5.74) is 2.49. The zero-order valence-electron chi connectivity index (χ0n) is 20.4. The van der Waals surface area contributed by atoms with Crippen LogP contribution in [0.1, 0.15) is 50.7 Å². The Labute approximate surface area is 204 Å². The highest BCUT2D eigenvalue weighted by Crippen LogP contribution is 2.45. The number of methoxy groups -OCH3 is 1. The van der Waals surface area contributed by atoms with E-state index >= 15 is 0 Å². The third-order valence-corrected chi connectivity index (χ3v) is 8.91. The van der Waals surface area contributed by atoms with Gasteiger partial charge in [0.1, 0.15) is 23.0 Å². The maximum Gasteiger partial charge on any atom is 0.274 e. The van der Waals surface area contributed by atoms with Crippen molar-refractivity contribution in [3.05, 3.63) is 40.2 Å². The molecule has 34 heavy (non-hydrogen) atoms. The van der Waals surface area contributed by atoms with Gasteiger partial charge in [0.15, 0.2) is 15.5 Å². The molecule has 0 unspecified atom stereocenters. The van der Waals surface area contributed by atoms with Crippen molar-refractivity contribution in [2.24, 2.45) is 0 Å². The molecule has 182 valence electrons. The third kappa shape index (κ3) is 3.88. The number of sulfone groups is 1. The molecular formula is C24H29N3O5S2. The molecule has 0 spiro atoms. The average Bonchev–Trinajstić information content (AvgIpc) is 3.44. The van der Waals surface area contributed by atoms with E-state index in [0.29, 0.717) is 22.6 Å². The quantitative estimate of drug-likeness (QED) is 0.507. The van der Waals surface area contributed by atoms with E-state index in [1.807, 2.05) is 37.6 Å². The van der Waals surface area contributed by atoms with E-state index in [-0.39, 0.29) is 28.9 Å². The number of amides is 1. The Hall–Kier alpha value is -2.85. The van der Waals surface area contributed by atoms with Crippen LogP contribution >= 0.6 is 11.3 Å². The van der Waals surface area contributed by atoms with Gasteiger partial charge in [-0.2, -0.15) is 16.4 Å². The van der Waals surface area contributed by atoms with Crippen molar-refractivity contribution in [3.63, 3.8) is 0 Å². The van der Waals surface area contributed by atoms with Crippen LogP contribution in [-0.4, -0.2) is 54.0 Å². The molecule has 3 aromatic rings. The van der Waals surface area contributed by atoms with Crippen LogP contribution < -0.4 is 9.47 Å². The number of benzene rings is 1. The van der Waals surface area contributed by atoms with Crippen LogP contribution in [0.4, 0.5) is 0 Å². The van der Waals surface area contributed by atoms with Crippen molar-refractivity contribution < 1.29 is 22.7 Å². The van der Waals surface area contributed by atoms with Gasteiger partial charge in [-0.3, -0.25) is 4.79 Å². The Bertz CT molecular complexity index is 1350. The fourth-order valence-corrected chi connectivity index (χ4v) is 5.52. The normalized spacial score (nSPS) is 13.3. The lowest BCUT2D eigenvalue weighted by molar-refractivity contribution is 0.0646. The predicted molar refractivity (Wildman–Crippen MR) is 132 cm³/mol. The van der Waals surface area contributed by atoms with Crippen LogP contribution in [0, 0.1) is 0 Å². The van der Waals surface area contributed by atoms with Gasteiger partial charge in [-0.15, -0.1) is 0 Å². The Morgan fingerprint density at radius 3 is 2.56 bits per heavy atom. The predicted octanol–water partition coefficient (Wildman–Crippen LogP) is 4.55. The van der Waals surface area contributed by atoms with E-state index in [2.05, 4.69) is 0 Å². The molecule has 0 radical (unpaired) electrons. The lowest BCUT2D eigenvalue weighted by Crippen LogP contribution is -2.43. The number of hydrogen-bond acceptors (Lipinski definition) is 7. The van der Waals surface area contributed by atoms with Gasteiger partial charge in [0.25, 0.3) is 5.91 Å². The summed E-state index contributed by atoms with van der Waals surface area (Å²) in [4.78, 5) is 15.2. The Balaban J connectivity index is 2.01. The maximum atomic E-state index is 13.5. The van der Waals surface area contributed by atoms with Crippen LogP contribution in [0.2, 0.25) is 0 Å². The highest BCUT2D eigenvalue weighted by atomic mass is 32.2. The second kappa shape index (κ2) is 8.42. The molecule has 0 atom stereocenters. The Morgan fingerprint density at radius 2 is 2.00 bits per heavy atom. The van der Waals surface area contributed by atoms with Gasteiger partial charge >= 0.3 is 0 Å². The second-order valence-corrected chi connectivity index (χ2v) is 12.7. The van der Waals surface area contributed by atoms with Gasteiger partial charge in [-0.1, -0.05) is 0 Å². The summed E-state index contributed by atoms with van der Waals surface area (Å²) in [6.07, 6.45) is 0. The fourth-order valence-electron chi connectivity index (χ4n) is 3.70. The zero-order chi connectivity index (χ0) is 25.0. The first-order chi connectivity index (χ1) is 15.9. The number of fused-ring (bicyclic) bond motifs is 3. The number of ether oxygens (including phenoxy) is 2. The number of thiophene rings is 1. The number of carbonyl (C=O) groups excluding carboxylic acids is 1. The molecule has 4 rings (SSSR count). The largest absolute Gasteiger partial charge is 0.495 e. The van der Waals surface area contributed by atoms with Crippen molar-refractivity contribution in [1.29, 1.82) is 0 Å². The van der Waals surface area contributed by atoms with Crippen LogP contribution in [-0.2, 0) is 16.4 Å². The number of rotatable bonds is 5. The standard InChI is InChI=1S/C24H29N3O5S2/c1-14(2)34(29,30)20-10-16-18(11-19(20)31-7)32-12-17-21(23(28)26(6)24(3,4)5)25-27(22(16)17)15-8-9-33-13-15/h8-11,13-14H,12H2,1-7H3. The molecule has 0 fully saturated rings. The van der Waals surface area contributed by atoms with Gasteiger partial charge in [0, 0.05) is 35.2 Å². The number of carbonyl (C=O) groups is 1. The Morgan fingerprint density at radius 1 is 1.29 bits per heavy atom. The monoisotopic (exact) mass is 503 g/mol. The molecule has 10 heteroatoms. The van der Waals surface area contributed by atoms with E-state index in [1.165, 1.54) is 18.4 Å². The minimum Gasteiger partial charge on any atom is -0.495 e. The summed E-state index contributed by atoms with van der Waals surface area (Å²) >= 11 is 1.51. The average molecular weight is 504 g/mol. The van der Waals surface area contributed by atoms with Crippen LogP contribution in [0.25, 0.3) is 16.9 Å². The highest BCUT2D eigenvalue weighted by molar-refractivity contribution is 7.92. The summed E-state index contributed by atoms with van der Waals surface area (Å²) in [5, 5.41) is 7.93. The molecule has 0 aliphatic carbocycles.